The smallest absolute Gasteiger partial charge is 0.0738 e. The number of allylic oxidation sites excluding steroid dienone is 10. The van der Waals surface area contributed by atoms with Crippen molar-refractivity contribution in [2.24, 2.45) is 20.0 Å². The lowest BCUT2D eigenvalue weighted by molar-refractivity contribution is 1.19. The first kappa shape index (κ1) is 31.7. The molecule has 1 atom stereocenters. The molecule has 0 aliphatic carbocycles. The van der Waals surface area contributed by atoms with Gasteiger partial charge in [0.2, 0.25) is 0 Å². The Hall–Kier alpha value is -6.26. The molecule has 0 N–H and O–H groups in total. The van der Waals surface area contributed by atoms with Crippen molar-refractivity contribution in [2.45, 2.75) is 40.0 Å². The molecule has 1 unspecified atom stereocenters. The van der Waals surface area contributed by atoms with Gasteiger partial charge >= 0.3 is 0 Å². The van der Waals surface area contributed by atoms with Gasteiger partial charge in [-0.3, -0.25) is 15.0 Å². The number of nitrogens with zero attached hydrogens (tertiary/aromatic N) is 4. The van der Waals surface area contributed by atoms with Crippen molar-refractivity contribution in [3.63, 3.8) is 0 Å². The summed E-state index contributed by atoms with van der Waals surface area (Å²) in [5.74, 6) is -0.154. The highest BCUT2D eigenvalue weighted by Gasteiger charge is 2.30. The van der Waals surface area contributed by atoms with Crippen molar-refractivity contribution in [3.05, 3.63) is 207 Å². The number of hydrogen-bond acceptors (Lipinski definition) is 4. The fourth-order valence-electron chi connectivity index (χ4n) is 7.47. The van der Waals surface area contributed by atoms with Crippen LogP contribution >= 0.6 is 0 Å². The maximum Gasteiger partial charge on any atom is 0.0738 e. The van der Waals surface area contributed by atoms with E-state index in [2.05, 4.69) is 167 Å². The van der Waals surface area contributed by atoms with Crippen LogP contribution in [0.25, 0.3) is 16.7 Å². The highest BCUT2D eigenvalue weighted by molar-refractivity contribution is 6.34. The standard InChI is InChI=1S/C48H38N4/c1-29-5-13-33(14-6-29)45-37-21-23-39(49-37)46(34-15-7-30(2)8-16-34)41-25-27-43(51-41)48(36-19-11-32(4)12-20-36)44-28-26-42(52-44)47(40-24-22-38(45)50-40)35-17-9-31(3)10-18-35/h5-27,46H,28H2,1-4H3. The van der Waals surface area contributed by atoms with Gasteiger partial charge in [-0.25, -0.2) is 4.99 Å². The first-order chi connectivity index (χ1) is 25.4. The third-order valence-electron chi connectivity index (χ3n) is 10.3. The van der Waals surface area contributed by atoms with Crippen LogP contribution in [0.15, 0.2) is 182 Å². The van der Waals surface area contributed by atoms with E-state index in [-0.39, 0.29) is 5.92 Å². The Balaban J connectivity index is 1.34. The Kier molecular flexibility index (Phi) is 7.81. The third-order valence-corrected chi connectivity index (χ3v) is 10.3. The second kappa shape index (κ2) is 12.8. The molecule has 8 bridgehead atoms. The molecule has 0 aromatic heterocycles. The van der Waals surface area contributed by atoms with Crippen LogP contribution in [0.3, 0.4) is 0 Å². The summed E-state index contributed by atoms with van der Waals surface area (Å²) in [6.07, 6.45) is 15.9. The Morgan fingerprint density at radius 2 is 0.865 bits per heavy atom. The predicted molar refractivity (Wildman–Crippen MR) is 218 cm³/mol. The summed E-state index contributed by atoms with van der Waals surface area (Å²) < 4.78 is 0. The topological polar surface area (TPSA) is 49.4 Å². The lowest BCUT2D eigenvalue weighted by Crippen LogP contribution is -2.18. The van der Waals surface area contributed by atoms with E-state index in [1.165, 1.54) is 22.3 Å². The molecular weight excluding hydrogens is 633 g/mol. The SMILES string of the molecule is Cc1ccc(C2=C3C=CC(=N3)C(c3ccc(C)cc3)=C3C=CC(=N3)C(c3ccc(C)cc3)C3=NC(=C(c4ccc(C)cc4)C4=NC2=CC4)C=C3)cc1. The Bertz CT molecular complexity index is 2500. The van der Waals surface area contributed by atoms with Crippen LogP contribution in [0, 0.1) is 27.7 Å². The average molecular weight is 671 g/mol. The summed E-state index contributed by atoms with van der Waals surface area (Å²) in [6, 6.07) is 34.8. The van der Waals surface area contributed by atoms with Crippen molar-refractivity contribution in [2.75, 3.05) is 0 Å². The summed E-state index contributed by atoms with van der Waals surface area (Å²) in [7, 11) is 0. The monoisotopic (exact) mass is 670 g/mol. The molecule has 0 saturated heterocycles. The first-order valence-corrected chi connectivity index (χ1v) is 18.0. The molecule has 5 aliphatic heterocycles. The van der Waals surface area contributed by atoms with Gasteiger partial charge in [-0.15, -0.1) is 0 Å². The molecule has 9 rings (SSSR count). The normalized spacial score (nSPS) is 19.0. The van der Waals surface area contributed by atoms with Crippen LogP contribution in [0.1, 0.15) is 56.8 Å². The lowest BCUT2D eigenvalue weighted by atomic mass is 9.89. The number of benzene rings is 4. The fraction of sp³-hybridized carbons (Fsp3) is 0.125. The largest absolute Gasteiger partial charge is 0.252 e. The van der Waals surface area contributed by atoms with Crippen molar-refractivity contribution >= 4 is 39.6 Å². The molecule has 0 fully saturated rings. The molecule has 5 heterocycles. The quantitative estimate of drug-likeness (QED) is 0.208. The van der Waals surface area contributed by atoms with E-state index >= 15 is 0 Å². The maximum atomic E-state index is 5.44. The zero-order valence-corrected chi connectivity index (χ0v) is 29.9. The number of fused-ring (bicyclic) bond motifs is 4. The van der Waals surface area contributed by atoms with Crippen molar-refractivity contribution in [3.8, 4) is 0 Å². The van der Waals surface area contributed by atoms with Gasteiger partial charge in [0, 0.05) is 23.1 Å². The molecule has 4 aromatic carbocycles. The Morgan fingerprint density at radius 3 is 1.42 bits per heavy atom. The average Bonchev–Trinajstić information content (AvgIpc) is 3.99. The van der Waals surface area contributed by atoms with E-state index < -0.39 is 0 Å². The number of aliphatic imine (C=N–C) groups is 4. The molecule has 4 heteroatoms. The molecule has 4 aromatic rings. The van der Waals surface area contributed by atoms with E-state index in [4.69, 9.17) is 20.0 Å². The van der Waals surface area contributed by atoms with Crippen molar-refractivity contribution < 1.29 is 0 Å². The molecular formula is C48H38N4. The summed E-state index contributed by atoms with van der Waals surface area (Å²) in [5.41, 5.74) is 19.8. The van der Waals surface area contributed by atoms with Gasteiger partial charge < -0.3 is 0 Å². The molecule has 4 nitrogen and oxygen atoms in total. The minimum Gasteiger partial charge on any atom is -0.252 e. The maximum absolute atomic E-state index is 5.44. The predicted octanol–water partition coefficient (Wildman–Crippen LogP) is 11.0. The molecule has 52 heavy (non-hydrogen) atoms. The Labute approximate surface area is 305 Å². The summed E-state index contributed by atoms with van der Waals surface area (Å²) in [6.45, 7) is 8.49. The van der Waals surface area contributed by atoms with E-state index in [1.807, 2.05) is 0 Å². The van der Waals surface area contributed by atoms with Gasteiger partial charge in [-0.2, -0.15) is 0 Å². The van der Waals surface area contributed by atoms with Gasteiger partial charge in [0.1, 0.15) is 0 Å². The minimum absolute atomic E-state index is 0.154. The van der Waals surface area contributed by atoms with E-state index in [1.54, 1.807) is 0 Å². The van der Waals surface area contributed by atoms with Gasteiger partial charge in [-0.05, 0) is 86.4 Å². The second-order valence-electron chi connectivity index (χ2n) is 14.1. The second-order valence-corrected chi connectivity index (χ2v) is 14.1. The third kappa shape index (κ3) is 5.76. The van der Waals surface area contributed by atoms with Crippen LogP contribution in [0.4, 0.5) is 0 Å². The molecule has 0 amide bonds. The van der Waals surface area contributed by atoms with E-state index in [0.717, 1.165) is 84.6 Å². The molecule has 0 spiro atoms. The van der Waals surface area contributed by atoms with Crippen molar-refractivity contribution in [1.82, 2.24) is 0 Å². The van der Waals surface area contributed by atoms with Crippen molar-refractivity contribution in [1.29, 1.82) is 0 Å². The minimum atomic E-state index is -0.154. The molecule has 0 saturated carbocycles. The highest BCUT2D eigenvalue weighted by Crippen LogP contribution is 2.40. The number of aryl methyl sites for hydroxylation is 4. The molecule has 5 aliphatic rings. The van der Waals surface area contributed by atoms with Crippen LogP contribution in [-0.4, -0.2) is 22.8 Å². The highest BCUT2D eigenvalue weighted by atomic mass is 14.9. The van der Waals surface area contributed by atoms with E-state index in [9.17, 15) is 0 Å². The molecule has 250 valence electrons. The van der Waals surface area contributed by atoms with Gasteiger partial charge in [-0.1, -0.05) is 125 Å². The molecule has 0 radical (unpaired) electrons. The van der Waals surface area contributed by atoms with E-state index in [0.29, 0.717) is 6.42 Å². The van der Waals surface area contributed by atoms with Crippen LogP contribution < -0.4 is 0 Å². The first-order valence-electron chi connectivity index (χ1n) is 18.0. The number of hydrogen-bond donors (Lipinski definition) is 0. The summed E-state index contributed by atoms with van der Waals surface area (Å²) >= 11 is 0. The van der Waals surface area contributed by atoms with Crippen LogP contribution in [0.2, 0.25) is 0 Å². The van der Waals surface area contributed by atoms with Crippen LogP contribution in [-0.2, 0) is 0 Å². The van der Waals surface area contributed by atoms with Gasteiger partial charge in [0.05, 0.1) is 51.6 Å². The summed E-state index contributed by atoms with van der Waals surface area (Å²) in [4.78, 5) is 21.7. The van der Waals surface area contributed by atoms with Gasteiger partial charge in [0.25, 0.3) is 0 Å². The zero-order valence-electron chi connectivity index (χ0n) is 29.9. The Morgan fingerprint density at radius 1 is 0.423 bits per heavy atom. The lowest BCUT2D eigenvalue weighted by Gasteiger charge is -2.17. The van der Waals surface area contributed by atoms with Gasteiger partial charge in [0.15, 0.2) is 0 Å². The number of rotatable bonds is 4. The van der Waals surface area contributed by atoms with Crippen LogP contribution in [0.5, 0.6) is 0 Å². The zero-order chi connectivity index (χ0) is 35.3. The summed E-state index contributed by atoms with van der Waals surface area (Å²) in [5, 5.41) is 0. The fourth-order valence-corrected chi connectivity index (χ4v) is 7.47.